The van der Waals surface area contributed by atoms with Gasteiger partial charge in [-0.05, 0) is 30.2 Å². The fourth-order valence-electron chi connectivity index (χ4n) is 2.54. The van der Waals surface area contributed by atoms with Crippen molar-refractivity contribution in [3.63, 3.8) is 0 Å². The lowest BCUT2D eigenvalue weighted by molar-refractivity contribution is -0.637. The normalized spacial score (nSPS) is 16.7. The molecule has 25 heavy (non-hydrogen) atoms. The minimum atomic E-state index is -0.537. The number of nitro groups is 1. The van der Waals surface area contributed by atoms with Crippen molar-refractivity contribution >= 4 is 17.5 Å². The van der Waals surface area contributed by atoms with Crippen LogP contribution in [0.3, 0.4) is 0 Å². The minimum Gasteiger partial charge on any atom is -0.504 e. The summed E-state index contributed by atoms with van der Waals surface area (Å²) in [6.07, 6.45) is 0.763. The SMILES string of the molecule is O=[N+]([O-])N1C(c2ccc(O)c(O)c2)=CSC1NCCc1ccccc1. The molecule has 0 bridgehead atoms. The van der Waals surface area contributed by atoms with Gasteiger partial charge in [0.05, 0.1) is 0 Å². The van der Waals surface area contributed by atoms with Gasteiger partial charge in [-0.15, -0.1) is 0 Å². The molecular weight excluding hydrogens is 342 g/mol. The van der Waals surface area contributed by atoms with Gasteiger partial charge in [-0.2, -0.15) is 0 Å². The van der Waals surface area contributed by atoms with Crippen LogP contribution in [0.2, 0.25) is 0 Å². The maximum atomic E-state index is 11.5. The third-order valence-corrected chi connectivity index (χ3v) is 4.78. The molecule has 0 spiro atoms. The molecule has 3 N–H and O–H groups in total. The zero-order valence-corrected chi connectivity index (χ0v) is 14.0. The molecule has 130 valence electrons. The smallest absolute Gasteiger partial charge is 0.196 e. The van der Waals surface area contributed by atoms with Crippen molar-refractivity contribution in [3.05, 3.63) is 75.2 Å². The summed E-state index contributed by atoms with van der Waals surface area (Å²) >= 11 is 1.29. The van der Waals surface area contributed by atoms with Gasteiger partial charge in [-0.3, -0.25) is 5.32 Å². The summed E-state index contributed by atoms with van der Waals surface area (Å²) in [6, 6.07) is 14.0. The van der Waals surface area contributed by atoms with Crippen LogP contribution in [0, 0.1) is 10.1 Å². The molecule has 1 unspecified atom stereocenters. The van der Waals surface area contributed by atoms with Crippen LogP contribution in [0.15, 0.2) is 53.9 Å². The molecule has 1 aliphatic heterocycles. The number of hydrogen-bond donors (Lipinski definition) is 3. The number of phenols is 2. The van der Waals surface area contributed by atoms with E-state index in [2.05, 4.69) is 5.32 Å². The van der Waals surface area contributed by atoms with E-state index in [0.29, 0.717) is 17.8 Å². The molecule has 1 atom stereocenters. The molecule has 0 amide bonds. The molecule has 0 saturated heterocycles. The van der Waals surface area contributed by atoms with Crippen LogP contribution < -0.4 is 5.32 Å². The van der Waals surface area contributed by atoms with Crippen molar-refractivity contribution in [2.75, 3.05) is 6.54 Å². The Morgan fingerprint density at radius 2 is 1.92 bits per heavy atom. The maximum Gasteiger partial charge on any atom is 0.196 e. The van der Waals surface area contributed by atoms with E-state index >= 15 is 0 Å². The lowest BCUT2D eigenvalue weighted by Crippen LogP contribution is -2.43. The number of hydrazine groups is 1. The van der Waals surface area contributed by atoms with Crippen LogP contribution in [0.5, 0.6) is 11.5 Å². The standard InChI is InChI=1S/C17H17N3O4S/c21-15-7-6-13(10-16(15)22)14-11-25-17(19(14)20(23)24)18-9-8-12-4-2-1-3-5-12/h1-7,10-11,17-18,21-22H,8-9H2. The van der Waals surface area contributed by atoms with Crippen LogP contribution in [0.1, 0.15) is 11.1 Å². The first-order valence-corrected chi connectivity index (χ1v) is 8.59. The van der Waals surface area contributed by atoms with Gasteiger partial charge >= 0.3 is 0 Å². The second-order valence-electron chi connectivity index (χ2n) is 5.47. The molecule has 0 saturated carbocycles. The Kier molecular flexibility index (Phi) is 5.11. The zero-order chi connectivity index (χ0) is 17.8. The van der Waals surface area contributed by atoms with Gasteiger partial charge in [0.15, 0.2) is 22.0 Å². The van der Waals surface area contributed by atoms with Crippen LogP contribution in [-0.4, -0.2) is 32.3 Å². The third-order valence-electron chi connectivity index (χ3n) is 3.80. The molecule has 0 radical (unpaired) electrons. The first kappa shape index (κ1) is 17.1. The highest BCUT2D eigenvalue weighted by Gasteiger charge is 2.36. The second-order valence-corrected chi connectivity index (χ2v) is 6.42. The average Bonchev–Trinajstić information content (AvgIpc) is 3.02. The van der Waals surface area contributed by atoms with Crippen LogP contribution >= 0.6 is 11.8 Å². The lowest BCUT2D eigenvalue weighted by Gasteiger charge is -2.20. The van der Waals surface area contributed by atoms with E-state index in [1.807, 2.05) is 30.3 Å². The Bertz CT molecular complexity index is 798. The Labute approximate surface area is 148 Å². The largest absolute Gasteiger partial charge is 0.504 e. The van der Waals surface area contributed by atoms with Crippen molar-refractivity contribution in [1.82, 2.24) is 10.3 Å². The van der Waals surface area contributed by atoms with E-state index in [-0.39, 0.29) is 11.5 Å². The zero-order valence-electron chi connectivity index (χ0n) is 13.2. The van der Waals surface area contributed by atoms with Gasteiger partial charge in [-0.25, -0.2) is 10.1 Å². The fourth-order valence-corrected chi connectivity index (χ4v) is 3.56. The number of benzene rings is 2. The molecule has 0 fully saturated rings. The number of phenolic OH excluding ortho intramolecular Hbond substituents is 2. The predicted octanol–water partition coefficient (Wildman–Crippen LogP) is 2.75. The van der Waals surface area contributed by atoms with Crippen molar-refractivity contribution in [3.8, 4) is 11.5 Å². The van der Waals surface area contributed by atoms with Crippen LogP contribution in [0.25, 0.3) is 5.70 Å². The van der Waals surface area contributed by atoms with Gasteiger partial charge in [0.1, 0.15) is 5.70 Å². The highest BCUT2D eigenvalue weighted by Crippen LogP contribution is 2.37. The molecule has 7 nitrogen and oxygen atoms in total. The van der Waals surface area contributed by atoms with Gasteiger partial charge in [0, 0.05) is 17.5 Å². The van der Waals surface area contributed by atoms with E-state index in [0.717, 1.165) is 17.0 Å². The summed E-state index contributed by atoms with van der Waals surface area (Å²) in [4.78, 5) is 11.5. The molecule has 8 heteroatoms. The predicted molar refractivity (Wildman–Crippen MR) is 96.1 cm³/mol. The lowest BCUT2D eigenvalue weighted by atomic mass is 10.1. The Balaban J connectivity index is 1.68. The van der Waals surface area contributed by atoms with Crippen molar-refractivity contribution < 1.29 is 15.2 Å². The number of aromatic hydroxyl groups is 2. The number of thioether (sulfide) groups is 1. The summed E-state index contributed by atoms with van der Waals surface area (Å²) in [5.74, 6) is -0.577. The second kappa shape index (κ2) is 7.45. The number of nitrogens with zero attached hydrogens (tertiary/aromatic N) is 2. The number of nitrogens with one attached hydrogen (secondary N) is 1. The Morgan fingerprint density at radius 1 is 1.16 bits per heavy atom. The molecule has 2 aromatic carbocycles. The molecule has 3 rings (SSSR count). The topological polar surface area (TPSA) is 98.9 Å². The van der Waals surface area contributed by atoms with E-state index in [4.69, 9.17) is 0 Å². The summed E-state index contributed by atoms with van der Waals surface area (Å²) < 4.78 is 0. The summed E-state index contributed by atoms with van der Waals surface area (Å²) in [5.41, 5.74) is 1.45. The summed E-state index contributed by atoms with van der Waals surface area (Å²) in [7, 11) is 0. The van der Waals surface area contributed by atoms with Gasteiger partial charge < -0.3 is 10.2 Å². The molecule has 1 heterocycles. The fraction of sp³-hybridized carbons (Fsp3) is 0.176. The monoisotopic (exact) mass is 359 g/mol. The molecule has 0 aliphatic carbocycles. The van der Waals surface area contributed by atoms with E-state index < -0.39 is 10.5 Å². The quantitative estimate of drug-likeness (QED) is 0.414. The van der Waals surface area contributed by atoms with Crippen LogP contribution in [-0.2, 0) is 6.42 Å². The van der Waals surface area contributed by atoms with Crippen LogP contribution in [0.4, 0.5) is 0 Å². The van der Waals surface area contributed by atoms with Crippen molar-refractivity contribution in [1.29, 1.82) is 0 Å². The maximum absolute atomic E-state index is 11.5. The van der Waals surface area contributed by atoms with Gasteiger partial charge in [-0.1, -0.05) is 47.1 Å². The number of hydrogen-bond acceptors (Lipinski definition) is 6. The van der Waals surface area contributed by atoms with E-state index in [1.165, 1.54) is 30.0 Å². The molecule has 1 aliphatic rings. The Morgan fingerprint density at radius 3 is 2.60 bits per heavy atom. The first-order chi connectivity index (χ1) is 12.1. The molecular formula is C17H17N3O4S. The summed E-state index contributed by atoms with van der Waals surface area (Å²) in [6.45, 7) is 0.591. The highest BCUT2D eigenvalue weighted by molar-refractivity contribution is 8.03. The number of rotatable bonds is 6. The molecule has 2 aromatic rings. The van der Waals surface area contributed by atoms with Crippen molar-refractivity contribution in [2.45, 2.75) is 11.9 Å². The summed E-state index contributed by atoms with van der Waals surface area (Å²) in [5, 5.41) is 35.9. The van der Waals surface area contributed by atoms with E-state index in [1.54, 1.807) is 5.41 Å². The highest BCUT2D eigenvalue weighted by atomic mass is 32.2. The van der Waals surface area contributed by atoms with Gasteiger partial charge in [0.2, 0.25) is 0 Å². The minimum absolute atomic E-state index is 0.264. The Hall–Kier alpha value is -2.71. The first-order valence-electron chi connectivity index (χ1n) is 7.65. The van der Waals surface area contributed by atoms with Crippen molar-refractivity contribution in [2.24, 2.45) is 0 Å². The third kappa shape index (κ3) is 3.86. The van der Waals surface area contributed by atoms with E-state index in [9.17, 15) is 20.3 Å². The average molecular weight is 359 g/mol. The van der Waals surface area contributed by atoms with Gasteiger partial charge in [0.25, 0.3) is 0 Å². The molecule has 0 aromatic heterocycles.